The van der Waals surface area contributed by atoms with Gasteiger partial charge in [-0.1, -0.05) is 48.5 Å². The standard InChI is InChI=1S/C18H17N2O3/c21-13-16(11-14-7-3-1-4-8-14)20-17(22)12-19-18(23)15-9-5-2-6-10-15/h1-10,16H,11-12H2,(H,19,23)(H,20,22). The molecule has 0 aliphatic rings. The molecule has 0 aliphatic carbocycles. The summed E-state index contributed by atoms with van der Waals surface area (Å²) in [7, 11) is 0. The van der Waals surface area contributed by atoms with Gasteiger partial charge in [-0.15, -0.1) is 0 Å². The van der Waals surface area contributed by atoms with Gasteiger partial charge in [0.2, 0.25) is 12.2 Å². The van der Waals surface area contributed by atoms with Crippen LogP contribution in [0.4, 0.5) is 0 Å². The first-order valence-corrected chi connectivity index (χ1v) is 7.23. The van der Waals surface area contributed by atoms with Crippen molar-refractivity contribution < 1.29 is 14.4 Å². The molecule has 1 radical (unpaired) electrons. The fourth-order valence-corrected chi connectivity index (χ4v) is 2.07. The maximum absolute atomic E-state index is 11.8. The lowest BCUT2D eigenvalue weighted by Crippen LogP contribution is -2.43. The highest BCUT2D eigenvalue weighted by Crippen LogP contribution is 2.02. The summed E-state index contributed by atoms with van der Waals surface area (Å²) in [5.41, 5.74) is 1.40. The van der Waals surface area contributed by atoms with Gasteiger partial charge in [0.25, 0.3) is 5.91 Å². The van der Waals surface area contributed by atoms with Gasteiger partial charge < -0.3 is 10.6 Å². The number of amides is 2. The third-order valence-corrected chi connectivity index (χ3v) is 3.21. The molecule has 2 rings (SSSR count). The molecule has 1 unspecified atom stereocenters. The number of carbonyl (C=O) groups is 2. The predicted octanol–water partition coefficient (Wildman–Crippen LogP) is 1.25. The van der Waals surface area contributed by atoms with E-state index in [9.17, 15) is 14.4 Å². The van der Waals surface area contributed by atoms with E-state index in [2.05, 4.69) is 10.6 Å². The lowest BCUT2D eigenvalue weighted by Gasteiger charge is -2.12. The number of carbonyl (C=O) groups excluding carboxylic acids is 3. The Kier molecular flexibility index (Phi) is 6.06. The Morgan fingerprint density at radius 2 is 1.57 bits per heavy atom. The Hall–Kier alpha value is -2.95. The molecule has 1 atom stereocenters. The highest BCUT2D eigenvalue weighted by molar-refractivity contribution is 5.96. The Bertz CT molecular complexity index is 656. The molecule has 23 heavy (non-hydrogen) atoms. The maximum Gasteiger partial charge on any atom is 0.251 e. The predicted molar refractivity (Wildman–Crippen MR) is 86.5 cm³/mol. The van der Waals surface area contributed by atoms with Gasteiger partial charge in [-0.2, -0.15) is 0 Å². The highest BCUT2D eigenvalue weighted by atomic mass is 16.2. The van der Waals surface area contributed by atoms with E-state index in [0.29, 0.717) is 12.0 Å². The van der Waals surface area contributed by atoms with E-state index in [1.165, 1.54) is 0 Å². The second-order valence-corrected chi connectivity index (χ2v) is 4.98. The van der Waals surface area contributed by atoms with Crippen molar-refractivity contribution in [2.75, 3.05) is 6.54 Å². The maximum atomic E-state index is 11.8. The first-order chi connectivity index (χ1) is 11.2. The van der Waals surface area contributed by atoms with Crippen molar-refractivity contribution in [1.29, 1.82) is 0 Å². The highest BCUT2D eigenvalue weighted by Gasteiger charge is 2.14. The van der Waals surface area contributed by atoms with Gasteiger partial charge in [0, 0.05) is 12.0 Å². The SMILES string of the molecule is O=[C]C(Cc1ccccc1)NC(=O)CNC(=O)c1ccccc1. The van der Waals surface area contributed by atoms with E-state index < -0.39 is 11.9 Å². The van der Waals surface area contributed by atoms with E-state index in [-0.39, 0.29) is 12.5 Å². The number of rotatable bonds is 7. The monoisotopic (exact) mass is 309 g/mol. The Labute approximate surface area is 134 Å². The molecule has 5 heteroatoms. The summed E-state index contributed by atoms with van der Waals surface area (Å²) < 4.78 is 0. The average Bonchev–Trinajstić information content (AvgIpc) is 2.60. The summed E-state index contributed by atoms with van der Waals surface area (Å²) in [5.74, 6) is -0.769. The fourth-order valence-electron chi connectivity index (χ4n) is 2.07. The van der Waals surface area contributed by atoms with Crippen molar-refractivity contribution in [3.05, 3.63) is 71.8 Å². The van der Waals surface area contributed by atoms with Crippen LogP contribution in [0.5, 0.6) is 0 Å². The zero-order valence-electron chi connectivity index (χ0n) is 12.5. The summed E-state index contributed by atoms with van der Waals surface area (Å²) in [6, 6.07) is 17.2. The van der Waals surface area contributed by atoms with Gasteiger partial charge in [0.05, 0.1) is 12.6 Å². The molecule has 0 saturated carbocycles. The molecule has 0 fully saturated rings. The molecule has 2 N–H and O–H groups in total. The lowest BCUT2D eigenvalue weighted by atomic mass is 10.1. The van der Waals surface area contributed by atoms with E-state index in [1.807, 2.05) is 30.3 Å². The Morgan fingerprint density at radius 3 is 2.17 bits per heavy atom. The molecule has 0 spiro atoms. The zero-order valence-corrected chi connectivity index (χ0v) is 12.5. The van der Waals surface area contributed by atoms with Crippen LogP contribution in [0.25, 0.3) is 0 Å². The second kappa shape index (κ2) is 8.48. The van der Waals surface area contributed by atoms with Crippen molar-refractivity contribution in [1.82, 2.24) is 10.6 Å². The molecule has 0 bridgehead atoms. The van der Waals surface area contributed by atoms with Gasteiger partial charge >= 0.3 is 0 Å². The van der Waals surface area contributed by atoms with E-state index in [1.54, 1.807) is 36.6 Å². The van der Waals surface area contributed by atoms with Crippen molar-refractivity contribution in [2.24, 2.45) is 0 Å². The lowest BCUT2D eigenvalue weighted by molar-refractivity contribution is -0.120. The van der Waals surface area contributed by atoms with E-state index >= 15 is 0 Å². The molecule has 0 saturated heterocycles. The first-order valence-electron chi connectivity index (χ1n) is 7.23. The van der Waals surface area contributed by atoms with Gasteiger partial charge in [-0.25, -0.2) is 0 Å². The third-order valence-electron chi connectivity index (χ3n) is 3.21. The second-order valence-electron chi connectivity index (χ2n) is 4.98. The number of hydrogen-bond donors (Lipinski definition) is 2. The fraction of sp³-hybridized carbons (Fsp3) is 0.167. The number of benzene rings is 2. The molecule has 2 aromatic rings. The van der Waals surface area contributed by atoms with Gasteiger partial charge in [0.15, 0.2) is 0 Å². The van der Waals surface area contributed by atoms with Crippen LogP contribution in [0.15, 0.2) is 60.7 Å². The molecule has 117 valence electrons. The summed E-state index contributed by atoms with van der Waals surface area (Å²) in [5, 5.41) is 5.06. The summed E-state index contributed by atoms with van der Waals surface area (Å²) in [4.78, 5) is 34.6. The normalized spacial score (nSPS) is 11.3. The molecule has 5 nitrogen and oxygen atoms in total. The first kappa shape index (κ1) is 16.4. The van der Waals surface area contributed by atoms with Crippen LogP contribution < -0.4 is 10.6 Å². The zero-order chi connectivity index (χ0) is 16.5. The van der Waals surface area contributed by atoms with Crippen molar-refractivity contribution in [3.63, 3.8) is 0 Å². The molecular weight excluding hydrogens is 292 g/mol. The summed E-state index contributed by atoms with van der Waals surface area (Å²) >= 11 is 0. The smallest absolute Gasteiger partial charge is 0.251 e. The van der Waals surface area contributed by atoms with Crippen LogP contribution in [0.2, 0.25) is 0 Å². The van der Waals surface area contributed by atoms with Crippen LogP contribution in [0, 0.1) is 0 Å². The van der Waals surface area contributed by atoms with Gasteiger partial charge in [0.1, 0.15) is 0 Å². The molecule has 2 amide bonds. The molecule has 0 aliphatic heterocycles. The minimum atomic E-state index is -0.737. The Balaban J connectivity index is 1.81. The molecular formula is C18H17N2O3. The third kappa shape index (κ3) is 5.39. The van der Waals surface area contributed by atoms with Crippen LogP contribution in [-0.4, -0.2) is 30.7 Å². The Morgan fingerprint density at radius 1 is 0.957 bits per heavy atom. The average molecular weight is 309 g/mol. The topological polar surface area (TPSA) is 75.3 Å². The van der Waals surface area contributed by atoms with Crippen LogP contribution >= 0.6 is 0 Å². The van der Waals surface area contributed by atoms with E-state index in [0.717, 1.165) is 5.56 Å². The van der Waals surface area contributed by atoms with Crippen LogP contribution in [-0.2, 0) is 16.0 Å². The number of nitrogens with one attached hydrogen (secondary N) is 2. The molecule has 0 aromatic heterocycles. The molecule has 0 heterocycles. The molecule has 2 aromatic carbocycles. The largest absolute Gasteiger partial charge is 0.344 e. The van der Waals surface area contributed by atoms with Crippen molar-refractivity contribution >= 4 is 18.1 Å². The minimum Gasteiger partial charge on any atom is -0.344 e. The van der Waals surface area contributed by atoms with Crippen molar-refractivity contribution in [3.8, 4) is 0 Å². The minimum absolute atomic E-state index is 0.194. The number of hydrogen-bond acceptors (Lipinski definition) is 3. The summed E-state index contributed by atoms with van der Waals surface area (Å²) in [6.45, 7) is -0.194. The van der Waals surface area contributed by atoms with Gasteiger partial charge in [-0.05, 0) is 17.7 Å². The van der Waals surface area contributed by atoms with Crippen molar-refractivity contribution in [2.45, 2.75) is 12.5 Å². The van der Waals surface area contributed by atoms with E-state index in [4.69, 9.17) is 0 Å². The van der Waals surface area contributed by atoms with Crippen LogP contribution in [0.3, 0.4) is 0 Å². The van der Waals surface area contributed by atoms with Gasteiger partial charge in [-0.3, -0.25) is 14.4 Å². The summed E-state index contributed by atoms with van der Waals surface area (Å²) in [6.07, 6.45) is 2.17. The van der Waals surface area contributed by atoms with Crippen LogP contribution in [0.1, 0.15) is 15.9 Å². The quantitative estimate of drug-likeness (QED) is 0.808.